The minimum absolute atomic E-state index is 0.0775. The Bertz CT molecular complexity index is 479. The molecule has 1 amide bonds. The minimum atomic E-state index is -0.0775. The monoisotopic (exact) mass is 282 g/mol. The maximum atomic E-state index is 12.5. The Labute approximate surface area is 118 Å². The van der Waals surface area contributed by atoms with Gasteiger partial charge in [-0.3, -0.25) is 4.79 Å². The minimum Gasteiger partial charge on any atom is -0.398 e. The van der Waals surface area contributed by atoms with Crippen molar-refractivity contribution < 1.29 is 9.53 Å². The van der Waals surface area contributed by atoms with Crippen LogP contribution in [-0.2, 0) is 4.74 Å². The van der Waals surface area contributed by atoms with Gasteiger partial charge in [0, 0.05) is 20.2 Å². The summed E-state index contributed by atoms with van der Waals surface area (Å²) in [5.41, 5.74) is 6.63. The van der Waals surface area contributed by atoms with Gasteiger partial charge in [0.25, 0.3) is 5.91 Å². The molecule has 2 rings (SSSR count). The summed E-state index contributed by atoms with van der Waals surface area (Å²) in [6.07, 6.45) is 1.02. The van der Waals surface area contributed by atoms with Gasteiger partial charge in [0.1, 0.15) is 0 Å². The molecule has 0 spiro atoms. The quantitative estimate of drug-likeness (QED) is 0.848. The smallest absolute Gasteiger partial charge is 0.255 e. The average molecular weight is 283 g/mol. The van der Waals surface area contributed by atoms with Gasteiger partial charge in [0.2, 0.25) is 0 Å². The van der Waals surface area contributed by atoms with E-state index in [9.17, 15) is 4.79 Å². The lowest BCUT2D eigenvalue weighted by Gasteiger charge is -2.36. The summed E-state index contributed by atoms with van der Waals surface area (Å²) in [5.74, 6) is 0.386. The summed E-state index contributed by atoms with van der Waals surface area (Å²) in [6, 6.07) is 5.14. The fourth-order valence-corrected chi connectivity index (χ4v) is 2.62. The van der Waals surface area contributed by atoms with Crippen molar-refractivity contribution in [3.63, 3.8) is 0 Å². The normalized spacial score (nSPS) is 23.4. The van der Waals surface area contributed by atoms with E-state index in [1.54, 1.807) is 30.2 Å². The molecule has 2 N–H and O–H groups in total. The highest BCUT2D eigenvalue weighted by Crippen LogP contribution is 2.26. The van der Waals surface area contributed by atoms with Crippen molar-refractivity contribution >= 4 is 23.2 Å². The molecule has 104 valence electrons. The van der Waals surface area contributed by atoms with Crippen LogP contribution >= 0.6 is 11.6 Å². The van der Waals surface area contributed by atoms with E-state index in [1.807, 2.05) is 0 Å². The standard InChI is InChI=1S/C14H19ClN2O2/c1-9-6-7-17(8-12(9)19-2)14(18)10-4-3-5-11(16)13(10)15/h3-5,9,12H,6-8,16H2,1-2H3. The van der Waals surface area contributed by atoms with Crippen molar-refractivity contribution in [2.45, 2.75) is 19.4 Å². The molecule has 1 heterocycles. The van der Waals surface area contributed by atoms with Crippen molar-refractivity contribution in [1.29, 1.82) is 0 Å². The zero-order valence-electron chi connectivity index (χ0n) is 11.2. The van der Waals surface area contributed by atoms with Gasteiger partial charge in [-0.1, -0.05) is 24.6 Å². The van der Waals surface area contributed by atoms with E-state index in [0.717, 1.165) is 13.0 Å². The molecule has 1 aliphatic heterocycles. The van der Waals surface area contributed by atoms with Gasteiger partial charge in [0.05, 0.1) is 22.4 Å². The number of anilines is 1. The van der Waals surface area contributed by atoms with E-state index >= 15 is 0 Å². The number of nitrogen functional groups attached to an aromatic ring is 1. The molecule has 1 aromatic rings. The van der Waals surface area contributed by atoms with Crippen molar-refractivity contribution in [2.75, 3.05) is 25.9 Å². The predicted octanol–water partition coefficient (Wildman–Crippen LogP) is 2.42. The topological polar surface area (TPSA) is 55.6 Å². The molecule has 2 unspecified atom stereocenters. The summed E-state index contributed by atoms with van der Waals surface area (Å²) in [4.78, 5) is 14.3. The maximum absolute atomic E-state index is 12.5. The first kappa shape index (κ1) is 14.2. The predicted molar refractivity (Wildman–Crippen MR) is 76.3 cm³/mol. The summed E-state index contributed by atoms with van der Waals surface area (Å²) in [6.45, 7) is 3.47. The summed E-state index contributed by atoms with van der Waals surface area (Å²) in [5, 5.41) is 0.333. The lowest BCUT2D eigenvalue weighted by Crippen LogP contribution is -2.46. The Morgan fingerprint density at radius 3 is 2.95 bits per heavy atom. The van der Waals surface area contributed by atoms with Crippen LogP contribution in [0.25, 0.3) is 0 Å². The highest BCUT2D eigenvalue weighted by Gasteiger charge is 2.30. The molecule has 2 atom stereocenters. The van der Waals surface area contributed by atoms with Crippen LogP contribution in [0.15, 0.2) is 18.2 Å². The second-order valence-electron chi connectivity index (χ2n) is 5.00. The van der Waals surface area contributed by atoms with Gasteiger partial charge in [-0.2, -0.15) is 0 Å². The molecule has 19 heavy (non-hydrogen) atoms. The Morgan fingerprint density at radius 2 is 2.26 bits per heavy atom. The van der Waals surface area contributed by atoms with Crippen LogP contribution in [0, 0.1) is 5.92 Å². The lowest BCUT2D eigenvalue weighted by atomic mass is 9.95. The van der Waals surface area contributed by atoms with Crippen LogP contribution in [0.4, 0.5) is 5.69 Å². The summed E-state index contributed by atoms with van der Waals surface area (Å²) >= 11 is 6.10. The number of ether oxygens (including phenoxy) is 1. The molecule has 5 heteroatoms. The third-order valence-electron chi connectivity index (χ3n) is 3.74. The highest BCUT2D eigenvalue weighted by molar-refractivity contribution is 6.36. The van der Waals surface area contributed by atoms with Crippen LogP contribution in [-0.4, -0.2) is 37.1 Å². The molecule has 1 aliphatic rings. The van der Waals surface area contributed by atoms with Crippen LogP contribution in [0.3, 0.4) is 0 Å². The van der Waals surface area contributed by atoms with E-state index in [2.05, 4.69) is 6.92 Å². The molecule has 1 fully saturated rings. The number of benzene rings is 1. The first-order valence-electron chi connectivity index (χ1n) is 6.40. The number of carbonyl (C=O) groups is 1. The molecule has 4 nitrogen and oxygen atoms in total. The summed E-state index contributed by atoms with van der Waals surface area (Å²) < 4.78 is 5.42. The number of nitrogens with zero attached hydrogens (tertiary/aromatic N) is 1. The molecular weight excluding hydrogens is 264 g/mol. The van der Waals surface area contributed by atoms with Crippen molar-refractivity contribution in [1.82, 2.24) is 4.90 Å². The Kier molecular flexibility index (Phi) is 4.32. The number of piperidine rings is 1. The second kappa shape index (κ2) is 5.80. The maximum Gasteiger partial charge on any atom is 0.255 e. The number of hydrogen-bond donors (Lipinski definition) is 1. The number of hydrogen-bond acceptors (Lipinski definition) is 3. The molecular formula is C14H19ClN2O2. The molecule has 0 bridgehead atoms. The van der Waals surface area contributed by atoms with Crippen molar-refractivity contribution in [3.05, 3.63) is 28.8 Å². The van der Waals surface area contributed by atoms with Crippen molar-refractivity contribution in [2.24, 2.45) is 5.92 Å². The molecule has 0 aliphatic carbocycles. The number of carbonyl (C=O) groups excluding carboxylic acids is 1. The number of amides is 1. The first-order valence-corrected chi connectivity index (χ1v) is 6.78. The molecule has 0 aromatic heterocycles. The van der Waals surface area contributed by atoms with Gasteiger partial charge in [-0.15, -0.1) is 0 Å². The van der Waals surface area contributed by atoms with E-state index in [0.29, 0.717) is 28.7 Å². The lowest BCUT2D eigenvalue weighted by molar-refractivity contribution is -0.00155. The fraction of sp³-hybridized carbons (Fsp3) is 0.500. The average Bonchev–Trinajstić information content (AvgIpc) is 2.41. The summed E-state index contributed by atoms with van der Waals surface area (Å²) in [7, 11) is 1.68. The van der Waals surface area contributed by atoms with Gasteiger partial charge >= 0.3 is 0 Å². The number of halogens is 1. The largest absolute Gasteiger partial charge is 0.398 e. The number of nitrogens with two attached hydrogens (primary N) is 1. The Hall–Kier alpha value is -1.26. The zero-order valence-corrected chi connectivity index (χ0v) is 12.0. The Morgan fingerprint density at radius 1 is 1.53 bits per heavy atom. The van der Waals surface area contributed by atoms with Gasteiger partial charge in [-0.05, 0) is 24.5 Å². The Balaban J connectivity index is 2.18. The third kappa shape index (κ3) is 2.85. The van der Waals surface area contributed by atoms with Gasteiger partial charge < -0.3 is 15.4 Å². The van der Waals surface area contributed by atoms with Crippen molar-refractivity contribution in [3.8, 4) is 0 Å². The highest BCUT2D eigenvalue weighted by atomic mass is 35.5. The SMILES string of the molecule is COC1CN(C(=O)c2cccc(N)c2Cl)CCC1C. The van der Waals surface area contributed by atoms with E-state index in [1.165, 1.54) is 0 Å². The van der Waals surface area contributed by atoms with E-state index < -0.39 is 0 Å². The van der Waals surface area contributed by atoms with Crippen LogP contribution < -0.4 is 5.73 Å². The van der Waals surface area contributed by atoms with Crippen LogP contribution in [0.1, 0.15) is 23.7 Å². The molecule has 1 aromatic carbocycles. The molecule has 0 radical (unpaired) electrons. The zero-order chi connectivity index (χ0) is 14.0. The van der Waals surface area contributed by atoms with Gasteiger partial charge in [0.15, 0.2) is 0 Å². The number of rotatable bonds is 2. The number of likely N-dealkylation sites (tertiary alicyclic amines) is 1. The fourth-order valence-electron chi connectivity index (χ4n) is 2.41. The van der Waals surface area contributed by atoms with E-state index in [-0.39, 0.29) is 12.0 Å². The van der Waals surface area contributed by atoms with Crippen LogP contribution in [0.2, 0.25) is 5.02 Å². The second-order valence-corrected chi connectivity index (χ2v) is 5.38. The van der Waals surface area contributed by atoms with Gasteiger partial charge in [-0.25, -0.2) is 0 Å². The molecule has 0 saturated carbocycles. The number of methoxy groups -OCH3 is 1. The molecule has 1 saturated heterocycles. The van der Waals surface area contributed by atoms with Crippen LogP contribution in [0.5, 0.6) is 0 Å². The first-order chi connectivity index (χ1) is 9.04. The van der Waals surface area contributed by atoms with E-state index in [4.69, 9.17) is 22.1 Å². The third-order valence-corrected chi connectivity index (χ3v) is 4.16.